The average molecular weight is 229 g/mol. The maximum Gasteiger partial charge on any atom is 0.0667 e. The Balaban J connectivity index is 3.60. The predicted molar refractivity (Wildman–Crippen MR) is 71.6 cm³/mol. The van der Waals surface area contributed by atoms with Gasteiger partial charge in [0.2, 0.25) is 0 Å². The Hall–Kier alpha value is -0.0800. The number of aliphatic hydroxyl groups excluding tert-OH is 1. The van der Waals surface area contributed by atoms with Crippen LogP contribution in [-0.4, -0.2) is 24.3 Å². The minimum absolute atomic E-state index is 0.166. The van der Waals surface area contributed by atoms with Crippen molar-refractivity contribution >= 4 is 0 Å². The number of hydrogen-bond donors (Lipinski definition) is 2. The summed E-state index contributed by atoms with van der Waals surface area (Å²) in [4.78, 5) is 0. The second-order valence-corrected chi connectivity index (χ2v) is 5.36. The van der Waals surface area contributed by atoms with Gasteiger partial charge in [-0.1, -0.05) is 53.4 Å². The number of nitrogens with one attached hydrogen (secondary N) is 1. The molecule has 2 heteroatoms. The highest BCUT2D eigenvalue weighted by atomic mass is 16.3. The number of rotatable bonds is 10. The first-order chi connectivity index (χ1) is 7.60. The molecule has 2 unspecified atom stereocenters. The zero-order valence-electron chi connectivity index (χ0n) is 11.6. The lowest BCUT2D eigenvalue weighted by Crippen LogP contribution is -2.31. The summed E-state index contributed by atoms with van der Waals surface area (Å²) in [6.07, 6.45) is 5.82. The molecule has 0 aliphatic heterocycles. The van der Waals surface area contributed by atoms with E-state index >= 15 is 0 Å². The third-order valence-corrected chi connectivity index (χ3v) is 3.08. The number of hydrogen-bond acceptors (Lipinski definition) is 2. The largest absolute Gasteiger partial charge is 0.392 e. The molecule has 0 aliphatic carbocycles. The highest BCUT2D eigenvalue weighted by molar-refractivity contribution is 4.67. The fourth-order valence-electron chi connectivity index (χ4n) is 1.99. The minimum Gasteiger partial charge on any atom is -0.392 e. The van der Waals surface area contributed by atoms with Crippen molar-refractivity contribution in [2.24, 2.45) is 11.8 Å². The van der Waals surface area contributed by atoms with Crippen LogP contribution in [0.3, 0.4) is 0 Å². The summed E-state index contributed by atoms with van der Waals surface area (Å²) >= 11 is 0. The molecule has 0 saturated carbocycles. The second kappa shape index (κ2) is 10.1. The normalized spacial score (nSPS) is 15.4. The van der Waals surface area contributed by atoms with Crippen molar-refractivity contribution in [3.05, 3.63) is 0 Å². The topological polar surface area (TPSA) is 32.3 Å². The summed E-state index contributed by atoms with van der Waals surface area (Å²) in [5, 5.41) is 13.2. The predicted octanol–water partition coefficient (Wildman–Crippen LogP) is 3.20. The molecule has 0 spiro atoms. The Kier molecular flexibility index (Phi) is 10.0. The summed E-state index contributed by atoms with van der Waals surface area (Å²) in [6.45, 7) is 10.6. The van der Waals surface area contributed by atoms with Gasteiger partial charge in [-0.2, -0.15) is 0 Å². The summed E-state index contributed by atoms with van der Waals surface area (Å²) < 4.78 is 0. The van der Waals surface area contributed by atoms with Gasteiger partial charge < -0.3 is 10.4 Å². The standard InChI is InChI=1S/C14H31NO/c1-5-7-8-13(6-2)9-14(16)11-15-10-12(3)4/h12-16H,5-11H2,1-4H3. The lowest BCUT2D eigenvalue weighted by atomic mass is 9.93. The summed E-state index contributed by atoms with van der Waals surface area (Å²) in [6, 6.07) is 0. The molecule has 0 amide bonds. The van der Waals surface area contributed by atoms with Crippen LogP contribution >= 0.6 is 0 Å². The molecule has 0 aliphatic rings. The van der Waals surface area contributed by atoms with E-state index in [1.807, 2.05) is 0 Å². The van der Waals surface area contributed by atoms with Gasteiger partial charge in [-0.25, -0.2) is 0 Å². The van der Waals surface area contributed by atoms with Gasteiger partial charge in [0.05, 0.1) is 6.10 Å². The first-order valence-electron chi connectivity index (χ1n) is 6.98. The summed E-state index contributed by atoms with van der Waals surface area (Å²) in [7, 11) is 0. The molecule has 2 nitrogen and oxygen atoms in total. The molecule has 0 radical (unpaired) electrons. The molecule has 2 atom stereocenters. The Bertz CT molecular complexity index is 148. The molecule has 0 fully saturated rings. The van der Waals surface area contributed by atoms with Crippen molar-refractivity contribution in [2.45, 2.75) is 65.9 Å². The quantitative estimate of drug-likeness (QED) is 0.603. The van der Waals surface area contributed by atoms with E-state index in [4.69, 9.17) is 0 Å². The molecule has 0 bridgehead atoms. The Morgan fingerprint density at radius 1 is 1.12 bits per heavy atom. The van der Waals surface area contributed by atoms with Gasteiger partial charge in [0, 0.05) is 6.54 Å². The van der Waals surface area contributed by atoms with Crippen molar-refractivity contribution in [2.75, 3.05) is 13.1 Å². The van der Waals surface area contributed by atoms with Gasteiger partial charge in [0.25, 0.3) is 0 Å². The monoisotopic (exact) mass is 229 g/mol. The molecule has 0 saturated heterocycles. The minimum atomic E-state index is -0.166. The first-order valence-corrected chi connectivity index (χ1v) is 6.98. The zero-order valence-corrected chi connectivity index (χ0v) is 11.6. The van der Waals surface area contributed by atoms with E-state index in [0.717, 1.165) is 19.5 Å². The molecule has 98 valence electrons. The van der Waals surface area contributed by atoms with E-state index in [9.17, 15) is 5.11 Å². The Labute approximate surface area is 102 Å². The lowest BCUT2D eigenvalue weighted by molar-refractivity contribution is 0.134. The zero-order chi connectivity index (χ0) is 12.4. The van der Waals surface area contributed by atoms with Crippen molar-refractivity contribution in [1.82, 2.24) is 5.32 Å². The third kappa shape index (κ3) is 9.17. The van der Waals surface area contributed by atoms with Crippen LogP contribution in [0.2, 0.25) is 0 Å². The first kappa shape index (κ1) is 15.9. The van der Waals surface area contributed by atoms with E-state index in [2.05, 4.69) is 33.0 Å². The van der Waals surface area contributed by atoms with Crippen LogP contribution in [0, 0.1) is 11.8 Å². The van der Waals surface area contributed by atoms with Crippen molar-refractivity contribution in [1.29, 1.82) is 0 Å². The molecular formula is C14H31NO. The van der Waals surface area contributed by atoms with Gasteiger partial charge in [0.1, 0.15) is 0 Å². The SMILES string of the molecule is CCCCC(CC)CC(O)CNCC(C)C. The molecule has 0 heterocycles. The van der Waals surface area contributed by atoms with Crippen LogP contribution in [0.5, 0.6) is 0 Å². The second-order valence-electron chi connectivity index (χ2n) is 5.36. The van der Waals surface area contributed by atoms with Gasteiger partial charge in [0.15, 0.2) is 0 Å². The van der Waals surface area contributed by atoms with Crippen LogP contribution in [0.4, 0.5) is 0 Å². The number of unbranched alkanes of at least 4 members (excludes halogenated alkanes) is 1. The fraction of sp³-hybridized carbons (Fsp3) is 1.00. The van der Waals surface area contributed by atoms with Gasteiger partial charge >= 0.3 is 0 Å². The highest BCUT2D eigenvalue weighted by Gasteiger charge is 2.12. The molecule has 0 aromatic carbocycles. The van der Waals surface area contributed by atoms with Crippen LogP contribution in [0.25, 0.3) is 0 Å². The van der Waals surface area contributed by atoms with Gasteiger partial charge in [-0.15, -0.1) is 0 Å². The highest BCUT2D eigenvalue weighted by Crippen LogP contribution is 2.18. The lowest BCUT2D eigenvalue weighted by Gasteiger charge is -2.19. The van der Waals surface area contributed by atoms with Crippen molar-refractivity contribution in [3.63, 3.8) is 0 Å². The molecule has 0 aromatic heterocycles. The fourth-order valence-corrected chi connectivity index (χ4v) is 1.99. The van der Waals surface area contributed by atoms with Gasteiger partial charge in [-0.05, 0) is 24.8 Å². The molecular weight excluding hydrogens is 198 g/mol. The van der Waals surface area contributed by atoms with E-state index in [1.165, 1.54) is 25.7 Å². The van der Waals surface area contributed by atoms with E-state index < -0.39 is 0 Å². The third-order valence-electron chi connectivity index (χ3n) is 3.08. The Morgan fingerprint density at radius 2 is 1.81 bits per heavy atom. The summed E-state index contributed by atoms with van der Waals surface area (Å²) in [5.41, 5.74) is 0. The van der Waals surface area contributed by atoms with Crippen LogP contribution < -0.4 is 5.32 Å². The van der Waals surface area contributed by atoms with E-state index in [0.29, 0.717) is 11.8 Å². The smallest absolute Gasteiger partial charge is 0.0667 e. The van der Waals surface area contributed by atoms with E-state index in [1.54, 1.807) is 0 Å². The molecule has 0 aromatic rings. The van der Waals surface area contributed by atoms with Crippen LogP contribution in [-0.2, 0) is 0 Å². The molecule has 0 rings (SSSR count). The maximum atomic E-state index is 9.90. The summed E-state index contributed by atoms with van der Waals surface area (Å²) in [5.74, 6) is 1.37. The van der Waals surface area contributed by atoms with Crippen molar-refractivity contribution in [3.8, 4) is 0 Å². The van der Waals surface area contributed by atoms with Crippen LogP contribution in [0.1, 0.15) is 59.8 Å². The van der Waals surface area contributed by atoms with Gasteiger partial charge in [-0.3, -0.25) is 0 Å². The Morgan fingerprint density at radius 3 is 2.31 bits per heavy atom. The molecule has 2 N–H and O–H groups in total. The van der Waals surface area contributed by atoms with E-state index in [-0.39, 0.29) is 6.10 Å². The van der Waals surface area contributed by atoms with Crippen LogP contribution in [0.15, 0.2) is 0 Å². The maximum absolute atomic E-state index is 9.90. The van der Waals surface area contributed by atoms with Crippen molar-refractivity contribution < 1.29 is 5.11 Å². The average Bonchev–Trinajstić information content (AvgIpc) is 2.23. The number of aliphatic hydroxyl groups is 1. The molecule has 16 heavy (non-hydrogen) atoms.